The minimum absolute atomic E-state index is 0.0348. The van der Waals surface area contributed by atoms with E-state index >= 15 is 0 Å². The molecule has 5 rings (SSSR count). The molecule has 8 heteroatoms. The highest BCUT2D eigenvalue weighted by Gasteiger charge is 2.39. The van der Waals surface area contributed by atoms with Crippen molar-refractivity contribution in [1.29, 1.82) is 0 Å². The summed E-state index contributed by atoms with van der Waals surface area (Å²) in [5.41, 5.74) is 4.71. The average molecular weight is 499 g/mol. The number of nitrogens with zero attached hydrogens (tertiary/aromatic N) is 2. The molecule has 0 aromatic heterocycles. The third-order valence-corrected chi connectivity index (χ3v) is 6.45. The highest BCUT2D eigenvalue weighted by atomic mass is 16.7. The van der Waals surface area contributed by atoms with E-state index in [0.29, 0.717) is 5.06 Å². The van der Waals surface area contributed by atoms with Gasteiger partial charge in [-0.25, -0.2) is 9.59 Å². The van der Waals surface area contributed by atoms with Gasteiger partial charge in [0.1, 0.15) is 13.2 Å². The van der Waals surface area contributed by atoms with Crippen LogP contribution in [-0.4, -0.2) is 53.5 Å². The summed E-state index contributed by atoms with van der Waals surface area (Å²) in [6, 6.07) is 22.3. The van der Waals surface area contributed by atoms with E-state index in [9.17, 15) is 19.2 Å². The topological polar surface area (TPSA) is 93.2 Å². The van der Waals surface area contributed by atoms with Crippen molar-refractivity contribution >= 4 is 23.9 Å². The molecule has 3 aromatic carbocycles. The van der Waals surface area contributed by atoms with Crippen LogP contribution >= 0.6 is 0 Å². The molecule has 3 amide bonds. The lowest BCUT2D eigenvalue weighted by atomic mass is 9.98. The van der Waals surface area contributed by atoms with Crippen molar-refractivity contribution in [3.8, 4) is 11.1 Å². The van der Waals surface area contributed by atoms with Crippen molar-refractivity contribution in [3.63, 3.8) is 0 Å². The second-order valence-electron chi connectivity index (χ2n) is 9.49. The van der Waals surface area contributed by atoms with E-state index < -0.39 is 30.4 Å². The van der Waals surface area contributed by atoms with Crippen LogP contribution in [0, 0.1) is 5.92 Å². The highest BCUT2D eigenvalue weighted by molar-refractivity contribution is 6.20. The van der Waals surface area contributed by atoms with Crippen LogP contribution < -0.4 is 0 Å². The number of benzene rings is 3. The molecule has 0 radical (unpaired) electrons. The van der Waals surface area contributed by atoms with Crippen molar-refractivity contribution < 1.29 is 28.8 Å². The van der Waals surface area contributed by atoms with Crippen LogP contribution in [0.2, 0.25) is 0 Å². The molecule has 37 heavy (non-hydrogen) atoms. The third kappa shape index (κ3) is 4.58. The van der Waals surface area contributed by atoms with Crippen molar-refractivity contribution in [2.24, 2.45) is 5.92 Å². The number of imide groups is 1. The molecule has 1 heterocycles. The summed E-state index contributed by atoms with van der Waals surface area (Å²) in [6.07, 6.45) is -0.671. The van der Waals surface area contributed by atoms with Crippen molar-refractivity contribution in [1.82, 2.24) is 9.96 Å². The molecule has 0 fully saturated rings. The third-order valence-electron chi connectivity index (χ3n) is 6.45. The fourth-order valence-corrected chi connectivity index (χ4v) is 4.87. The summed E-state index contributed by atoms with van der Waals surface area (Å²) >= 11 is 0. The zero-order valence-electron chi connectivity index (χ0n) is 20.5. The fraction of sp³-hybridized carbons (Fsp3) is 0.241. The SMILES string of the molecule is CC(C)CN(CC(=O)ON1C(=O)c2ccccc2C1=O)C(=O)OCC1c2ccccc2-c2ccccc21. The van der Waals surface area contributed by atoms with Gasteiger partial charge >= 0.3 is 12.1 Å². The van der Waals surface area contributed by atoms with Gasteiger partial charge in [0.2, 0.25) is 0 Å². The molecule has 0 bridgehead atoms. The first-order valence-corrected chi connectivity index (χ1v) is 12.1. The monoisotopic (exact) mass is 498 g/mol. The van der Waals surface area contributed by atoms with E-state index in [1.807, 2.05) is 50.2 Å². The number of rotatable bonds is 7. The fourth-order valence-electron chi connectivity index (χ4n) is 4.87. The molecule has 0 unspecified atom stereocenters. The number of hydrogen-bond acceptors (Lipinski definition) is 6. The lowest BCUT2D eigenvalue weighted by Crippen LogP contribution is -2.42. The van der Waals surface area contributed by atoms with Gasteiger partial charge in [0.25, 0.3) is 11.8 Å². The minimum Gasteiger partial charge on any atom is -0.448 e. The number of fused-ring (bicyclic) bond motifs is 4. The molecule has 1 aliphatic carbocycles. The van der Waals surface area contributed by atoms with Gasteiger partial charge in [0, 0.05) is 12.5 Å². The van der Waals surface area contributed by atoms with Gasteiger partial charge in [-0.15, -0.1) is 0 Å². The molecule has 3 aromatic rings. The Kier molecular flexibility index (Phi) is 6.48. The van der Waals surface area contributed by atoms with Crippen LogP contribution in [0.1, 0.15) is 51.6 Å². The molecular formula is C29H26N2O6. The van der Waals surface area contributed by atoms with Crippen LogP contribution in [-0.2, 0) is 14.4 Å². The number of ether oxygens (including phenoxy) is 1. The van der Waals surface area contributed by atoms with E-state index in [1.165, 1.54) is 17.0 Å². The predicted molar refractivity (Wildman–Crippen MR) is 135 cm³/mol. The normalized spacial score (nSPS) is 13.9. The lowest BCUT2D eigenvalue weighted by Gasteiger charge is -2.24. The number of amides is 3. The van der Waals surface area contributed by atoms with Crippen molar-refractivity contribution in [3.05, 3.63) is 95.1 Å². The molecule has 188 valence electrons. The summed E-state index contributed by atoms with van der Waals surface area (Å²) in [7, 11) is 0. The Morgan fingerprint density at radius 3 is 1.81 bits per heavy atom. The Balaban J connectivity index is 1.26. The Morgan fingerprint density at radius 2 is 1.30 bits per heavy atom. The first kappa shape index (κ1) is 24.2. The second kappa shape index (κ2) is 9.89. The first-order chi connectivity index (χ1) is 17.8. The summed E-state index contributed by atoms with van der Waals surface area (Å²) in [5, 5.41) is 0.443. The van der Waals surface area contributed by atoms with Crippen LogP contribution in [0.4, 0.5) is 4.79 Å². The molecule has 8 nitrogen and oxygen atoms in total. The van der Waals surface area contributed by atoms with Gasteiger partial charge in [-0.05, 0) is 40.3 Å². The van der Waals surface area contributed by atoms with Gasteiger partial charge in [0.05, 0.1) is 11.1 Å². The quantitative estimate of drug-likeness (QED) is 0.441. The number of hydrogen-bond donors (Lipinski definition) is 0. The van der Waals surface area contributed by atoms with Crippen LogP contribution in [0.25, 0.3) is 11.1 Å². The molecule has 0 N–H and O–H groups in total. The van der Waals surface area contributed by atoms with Crippen LogP contribution in [0.15, 0.2) is 72.8 Å². The number of carbonyl (C=O) groups excluding carboxylic acids is 4. The van der Waals surface area contributed by atoms with Gasteiger partial charge in [-0.3, -0.25) is 14.5 Å². The molecule has 1 aliphatic heterocycles. The number of carbonyl (C=O) groups is 4. The van der Waals surface area contributed by atoms with Crippen molar-refractivity contribution in [2.45, 2.75) is 19.8 Å². The Hall–Kier alpha value is -4.46. The van der Waals surface area contributed by atoms with Crippen molar-refractivity contribution in [2.75, 3.05) is 19.7 Å². The Morgan fingerprint density at radius 1 is 0.811 bits per heavy atom. The standard InChI is InChI=1S/C29H26N2O6/c1-18(2)15-30(16-26(32)37-31-27(33)23-13-7-8-14-24(23)28(31)34)29(35)36-17-25-21-11-5-3-9-19(21)20-10-4-6-12-22(20)25/h3-14,18,25H,15-17H2,1-2H3. The van der Waals surface area contributed by atoms with E-state index in [1.54, 1.807) is 12.1 Å². The minimum atomic E-state index is -0.913. The highest BCUT2D eigenvalue weighted by Crippen LogP contribution is 2.44. The summed E-state index contributed by atoms with van der Waals surface area (Å²) in [6.45, 7) is 3.67. The zero-order chi connectivity index (χ0) is 26.1. The zero-order valence-corrected chi connectivity index (χ0v) is 20.5. The Labute approximate surface area is 214 Å². The smallest absolute Gasteiger partial charge is 0.410 e. The van der Waals surface area contributed by atoms with E-state index in [2.05, 4.69) is 12.1 Å². The summed E-state index contributed by atoms with van der Waals surface area (Å²) < 4.78 is 5.70. The number of hydroxylamine groups is 2. The summed E-state index contributed by atoms with van der Waals surface area (Å²) in [5.74, 6) is -2.44. The van der Waals surface area contributed by atoms with Gasteiger partial charge in [-0.1, -0.05) is 79.6 Å². The van der Waals surface area contributed by atoms with E-state index in [-0.39, 0.29) is 36.1 Å². The maximum absolute atomic E-state index is 13.1. The maximum atomic E-state index is 13.1. The molecule has 2 aliphatic rings. The average Bonchev–Trinajstić information content (AvgIpc) is 3.34. The molecular weight excluding hydrogens is 472 g/mol. The summed E-state index contributed by atoms with van der Waals surface area (Å²) in [4.78, 5) is 57.2. The molecule has 0 atom stereocenters. The first-order valence-electron chi connectivity index (χ1n) is 12.1. The molecule has 0 saturated heterocycles. The van der Waals surface area contributed by atoms with E-state index in [0.717, 1.165) is 22.3 Å². The largest absolute Gasteiger partial charge is 0.448 e. The van der Waals surface area contributed by atoms with Gasteiger partial charge < -0.3 is 9.57 Å². The van der Waals surface area contributed by atoms with E-state index in [4.69, 9.17) is 9.57 Å². The lowest BCUT2D eigenvalue weighted by molar-refractivity contribution is -0.169. The van der Waals surface area contributed by atoms with Crippen LogP contribution in [0.3, 0.4) is 0 Å². The Bertz CT molecular complexity index is 1320. The van der Waals surface area contributed by atoms with Gasteiger partial charge in [0.15, 0.2) is 0 Å². The molecule has 0 spiro atoms. The second-order valence-corrected chi connectivity index (χ2v) is 9.49. The molecule has 0 saturated carbocycles. The van der Waals surface area contributed by atoms with Gasteiger partial charge in [-0.2, -0.15) is 0 Å². The predicted octanol–water partition coefficient (Wildman–Crippen LogP) is 4.65. The maximum Gasteiger partial charge on any atom is 0.410 e. The van der Waals surface area contributed by atoms with Crippen LogP contribution in [0.5, 0.6) is 0 Å².